The molecule has 36 heavy (non-hydrogen) atoms. The second kappa shape index (κ2) is 11.4. The lowest BCUT2D eigenvalue weighted by Crippen LogP contribution is -2.48. The molecule has 0 unspecified atom stereocenters. The van der Waals surface area contributed by atoms with Crippen molar-refractivity contribution in [2.24, 2.45) is 0 Å². The van der Waals surface area contributed by atoms with Crippen molar-refractivity contribution in [3.63, 3.8) is 0 Å². The molecule has 0 N–H and O–H groups in total. The van der Waals surface area contributed by atoms with E-state index < -0.39 is 0 Å². The predicted molar refractivity (Wildman–Crippen MR) is 136 cm³/mol. The molecule has 0 radical (unpaired) electrons. The van der Waals surface area contributed by atoms with Crippen LogP contribution < -0.4 is 28.4 Å². The molecule has 2 aromatic rings. The van der Waals surface area contributed by atoms with Crippen LogP contribution in [0, 0.1) is 0 Å². The van der Waals surface area contributed by atoms with Gasteiger partial charge in [-0.1, -0.05) is 0 Å². The summed E-state index contributed by atoms with van der Waals surface area (Å²) in [4.78, 5) is 17.6. The topological polar surface area (TPSA) is 78.9 Å². The normalized spacial score (nSPS) is 15.7. The van der Waals surface area contributed by atoms with E-state index in [2.05, 4.69) is 4.90 Å². The molecule has 0 saturated carbocycles. The lowest BCUT2D eigenvalue weighted by Gasteiger charge is -2.35. The number of hydrogen-bond donors (Lipinski definition) is 0. The van der Waals surface area contributed by atoms with Crippen LogP contribution in [-0.2, 0) is 11.3 Å². The lowest BCUT2D eigenvalue weighted by molar-refractivity contribution is -0.129. The van der Waals surface area contributed by atoms with Gasteiger partial charge in [0.25, 0.3) is 0 Å². The molecular weight excluding hydrogens is 464 g/mol. The summed E-state index contributed by atoms with van der Waals surface area (Å²) in [6, 6.07) is 7.59. The standard InChI is InChI=1S/C27H34N2O7/c1-31-22-15-20-14-19(6-11-36-21(20)16-23(22)32-2)27(30)29-9-7-28(8-10-29)17-18-12-24(33-3)26(35-5)25(13-18)34-4/h12-16H,6-11,17H2,1-5H3. The van der Waals surface area contributed by atoms with Crippen LogP contribution in [0.1, 0.15) is 17.5 Å². The van der Waals surface area contributed by atoms with E-state index >= 15 is 0 Å². The maximum absolute atomic E-state index is 13.4. The Labute approximate surface area is 212 Å². The molecule has 1 amide bonds. The summed E-state index contributed by atoms with van der Waals surface area (Å²) in [5.74, 6) is 3.79. The van der Waals surface area contributed by atoms with Gasteiger partial charge in [-0.05, 0) is 29.8 Å². The maximum Gasteiger partial charge on any atom is 0.250 e. The minimum Gasteiger partial charge on any atom is -0.493 e. The Hall–Kier alpha value is -3.59. The highest BCUT2D eigenvalue weighted by atomic mass is 16.5. The van der Waals surface area contributed by atoms with Crippen LogP contribution in [0.3, 0.4) is 0 Å². The van der Waals surface area contributed by atoms with Crippen LogP contribution in [0.4, 0.5) is 0 Å². The molecule has 1 fully saturated rings. The number of ether oxygens (including phenoxy) is 6. The van der Waals surface area contributed by atoms with Crippen LogP contribution in [0.15, 0.2) is 29.8 Å². The highest BCUT2D eigenvalue weighted by Gasteiger charge is 2.26. The second-order valence-electron chi connectivity index (χ2n) is 8.61. The number of hydrogen-bond acceptors (Lipinski definition) is 8. The van der Waals surface area contributed by atoms with Gasteiger partial charge in [-0.15, -0.1) is 0 Å². The minimum absolute atomic E-state index is 0.0497. The van der Waals surface area contributed by atoms with Crippen molar-refractivity contribution >= 4 is 12.0 Å². The first-order valence-electron chi connectivity index (χ1n) is 11.9. The largest absolute Gasteiger partial charge is 0.493 e. The summed E-state index contributed by atoms with van der Waals surface area (Å²) < 4.78 is 33.1. The molecule has 1 saturated heterocycles. The molecule has 9 heteroatoms. The number of methoxy groups -OCH3 is 5. The molecular formula is C27H34N2O7. The quantitative estimate of drug-likeness (QED) is 0.549. The predicted octanol–water partition coefficient (Wildman–Crippen LogP) is 3.24. The molecule has 0 spiro atoms. The van der Waals surface area contributed by atoms with Crippen molar-refractivity contribution in [2.75, 3.05) is 68.3 Å². The Balaban J connectivity index is 1.43. The van der Waals surface area contributed by atoms with Crippen molar-refractivity contribution in [1.29, 1.82) is 0 Å². The Kier molecular flexibility index (Phi) is 8.10. The van der Waals surface area contributed by atoms with E-state index in [-0.39, 0.29) is 5.91 Å². The molecule has 194 valence electrons. The Morgan fingerprint density at radius 1 is 0.806 bits per heavy atom. The fraction of sp³-hybridized carbons (Fsp3) is 0.444. The Morgan fingerprint density at radius 3 is 2.00 bits per heavy atom. The zero-order valence-electron chi connectivity index (χ0n) is 21.6. The molecule has 9 nitrogen and oxygen atoms in total. The van der Waals surface area contributed by atoms with Crippen LogP contribution in [0.2, 0.25) is 0 Å². The van der Waals surface area contributed by atoms with Crippen LogP contribution in [-0.4, -0.2) is 84.0 Å². The molecule has 2 aliphatic heterocycles. The van der Waals surface area contributed by atoms with Crippen molar-refractivity contribution in [3.8, 4) is 34.5 Å². The van der Waals surface area contributed by atoms with Gasteiger partial charge in [0.05, 0.1) is 42.2 Å². The third-order valence-electron chi connectivity index (χ3n) is 6.54. The second-order valence-corrected chi connectivity index (χ2v) is 8.61. The number of carbonyl (C=O) groups is 1. The average molecular weight is 499 g/mol. The van der Waals surface area contributed by atoms with E-state index in [1.807, 2.05) is 29.2 Å². The van der Waals surface area contributed by atoms with E-state index in [0.29, 0.717) is 60.6 Å². The van der Waals surface area contributed by atoms with Crippen molar-refractivity contribution in [3.05, 3.63) is 41.0 Å². The zero-order valence-corrected chi connectivity index (χ0v) is 21.6. The number of piperazine rings is 1. The van der Waals surface area contributed by atoms with E-state index in [4.69, 9.17) is 28.4 Å². The van der Waals surface area contributed by atoms with Crippen LogP contribution in [0.5, 0.6) is 34.5 Å². The van der Waals surface area contributed by atoms with Crippen molar-refractivity contribution in [2.45, 2.75) is 13.0 Å². The van der Waals surface area contributed by atoms with Gasteiger partial charge < -0.3 is 33.3 Å². The summed E-state index contributed by atoms with van der Waals surface area (Å²) in [6.07, 6.45) is 2.46. The van der Waals surface area contributed by atoms with Gasteiger partial charge in [0.1, 0.15) is 5.75 Å². The van der Waals surface area contributed by atoms with Crippen molar-refractivity contribution < 1.29 is 33.2 Å². The van der Waals surface area contributed by atoms with Gasteiger partial charge in [-0.25, -0.2) is 0 Å². The van der Waals surface area contributed by atoms with E-state index in [0.717, 1.165) is 36.3 Å². The number of benzene rings is 2. The molecule has 0 aliphatic carbocycles. The first-order chi connectivity index (χ1) is 17.5. The SMILES string of the molecule is COc1cc2c(cc1OC)OCCC(C(=O)N1CCN(Cc3cc(OC)c(OC)c(OC)c3)CC1)=C2. The Morgan fingerprint density at radius 2 is 1.42 bits per heavy atom. The van der Waals surface area contributed by atoms with Crippen molar-refractivity contribution in [1.82, 2.24) is 9.80 Å². The lowest BCUT2D eigenvalue weighted by atomic mass is 10.1. The van der Waals surface area contributed by atoms with E-state index in [1.54, 1.807) is 41.6 Å². The molecule has 2 aliphatic rings. The van der Waals surface area contributed by atoms with Gasteiger partial charge in [0.15, 0.2) is 23.0 Å². The third-order valence-corrected chi connectivity index (χ3v) is 6.54. The van der Waals surface area contributed by atoms with Gasteiger partial charge >= 0.3 is 0 Å². The summed E-state index contributed by atoms with van der Waals surface area (Å²) in [7, 11) is 8.01. The van der Waals surface area contributed by atoms with Crippen LogP contribution >= 0.6 is 0 Å². The number of rotatable bonds is 8. The van der Waals surface area contributed by atoms with Crippen LogP contribution in [0.25, 0.3) is 6.08 Å². The first-order valence-corrected chi connectivity index (χ1v) is 11.9. The average Bonchev–Trinajstić information content (AvgIpc) is 3.13. The fourth-order valence-corrected chi connectivity index (χ4v) is 4.61. The maximum atomic E-state index is 13.4. The molecule has 2 heterocycles. The highest BCUT2D eigenvalue weighted by molar-refractivity contribution is 5.98. The Bertz CT molecular complexity index is 1100. The summed E-state index contributed by atoms with van der Waals surface area (Å²) in [5.41, 5.74) is 2.61. The molecule has 4 rings (SSSR count). The van der Waals surface area contributed by atoms with Gasteiger partial charge in [-0.3, -0.25) is 9.69 Å². The number of amides is 1. The first kappa shape index (κ1) is 25.5. The molecule has 0 bridgehead atoms. The fourth-order valence-electron chi connectivity index (χ4n) is 4.61. The summed E-state index contributed by atoms with van der Waals surface area (Å²) in [6.45, 7) is 4.01. The van der Waals surface area contributed by atoms with E-state index in [9.17, 15) is 4.79 Å². The third kappa shape index (κ3) is 5.31. The zero-order chi connectivity index (χ0) is 25.7. The molecule has 2 aromatic carbocycles. The van der Waals surface area contributed by atoms with E-state index in [1.165, 1.54) is 0 Å². The van der Waals surface area contributed by atoms with Gasteiger partial charge in [0.2, 0.25) is 11.7 Å². The monoisotopic (exact) mass is 498 g/mol. The molecule has 0 atom stereocenters. The smallest absolute Gasteiger partial charge is 0.250 e. The number of nitrogens with zero attached hydrogens (tertiary/aromatic N) is 2. The number of carbonyl (C=O) groups excluding carboxylic acids is 1. The summed E-state index contributed by atoms with van der Waals surface area (Å²) in [5, 5.41) is 0. The molecule has 0 aromatic heterocycles. The highest BCUT2D eigenvalue weighted by Crippen LogP contribution is 2.39. The summed E-state index contributed by atoms with van der Waals surface area (Å²) >= 11 is 0. The van der Waals surface area contributed by atoms with Gasteiger partial charge in [-0.2, -0.15) is 0 Å². The number of fused-ring (bicyclic) bond motifs is 1. The van der Waals surface area contributed by atoms with Gasteiger partial charge in [0, 0.05) is 56.3 Å². The minimum atomic E-state index is 0.0497.